The third-order valence-corrected chi connectivity index (χ3v) is 2.30. The van der Waals surface area contributed by atoms with Crippen LogP contribution in [-0.2, 0) is 17.7 Å². The van der Waals surface area contributed by atoms with Gasteiger partial charge in [-0.05, 0) is 19.9 Å². The van der Waals surface area contributed by atoms with Gasteiger partial charge < -0.3 is 10.5 Å². The van der Waals surface area contributed by atoms with E-state index < -0.39 is 6.43 Å². The van der Waals surface area contributed by atoms with Crippen molar-refractivity contribution in [1.29, 1.82) is 0 Å². The SMILES string of the molecule is CCOCCCn1nnc(CCN)c1C(F)F. The zero-order valence-electron chi connectivity index (χ0n) is 9.90. The fourth-order valence-corrected chi connectivity index (χ4v) is 1.54. The van der Waals surface area contributed by atoms with Crippen LogP contribution < -0.4 is 5.73 Å². The highest BCUT2D eigenvalue weighted by Crippen LogP contribution is 2.21. The lowest BCUT2D eigenvalue weighted by atomic mass is 10.2. The van der Waals surface area contributed by atoms with Crippen molar-refractivity contribution in [3.63, 3.8) is 0 Å². The smallest absolute Gasteiger partial charge is 0.281 e. The van der Waals surface area contributed by atoms with Gasteiger partial charge in [-0.3, -0.25) is 0 Å². The molecule has 0 radical (unpaired) electrons. The van der Waals surface area contributed by atoms with Crippen molar-refractivity contribution in [2.24, 2.45) is 5.73 Å². The van der Waals surface area contributed by atoms with Crippen LogP contribution in [0.1, 0.15) is 31.2 Å². The molecule has 0 atom stereocenters. The van der Waals surface area contributed by atoms with E-state index in [2.05, 4.69) is 10.3 Å². The Morgan fingerprint density at radius 2 is 2.24 bits per heavy atom. The van der Waals surface area contributed by atoms with Crippen LogP contribution in [0.15, 0.2) is 0 Å². The number of hydrogen-bond acceptors (Lipinski definition) is 4. The van der Waals surface area contributed by atoms with Gasteiger partial charge in [0.25, 0.3) is 6.43 Å². The Balaban J connectivity index is 2.64. The molecule has 0 aliphatic rings. The first-order valence-corrected chi connectivity index (χ1v) is 5.68. The van der Waals surface area contributed by atoms with E-state index >= 15 is 0 Å². The Morgan fingerprint density at radius 3 is 2.82 bits per heavy atom. The molecule has 0 fully saturated rings. The molecule has 7 heteroatoms. The van der Waals surface area contributed by atoms with Crippen molar-refractivity contribution in [3.8, 4) is 0 Å². The summed E-state index contributed by atoms with van der Waals surface area (Å²) in [5, 5.41) is 7.47. The Morgan fingerprint density at radius 1 is 1.47 bits per heavy atom. The molecule has 17 heavy (non-hydrogen) atoms. The third-order valence-electron chi connectivity index (χ3n) is 2.30. The normalized spacial score (nSPS) is 11.4. The van der Waals surface area contributed by atoms with Crippen molar-refractivity contribution in [3.05, 3.63) is 11.4 Å². The summed E-state index contributed by atoms with van der Waals surface area (Å²) >= 11 is 0. The second-order valence-electron chi connectivity index (χ2n) is 3.53. The van der Waals surface area contributed by atoms with Gasteiger partial charge in [0, 0.05) is 26.2 Å². The van der Waals surface area contributed by atoms with Crippen molar-refractivity contribution < 1.29 is 13.5 Å². The predicted octanol–water partition coefficient (Wildman–Crippen LogP) is 1.14. The minimum Gasteiger partial charge on any atom is -0.382 e. The van der Waals surface area contributed by atoms with Gasteiger partial charge in [0.05, 0.1) is 5.69 Å². The van der Waals surface area contributed by atoms with E-state index in [1.165, 1.54) is 4.68 Å². The highest BCUT2D eigenvalue weighted by molar-refractivity contribution is 5.12. The number of rotatable bonds is 8. The quantitative estimate of drug-likeness (QED) is 0.701. The number of ether oxygens (including phenoxy) is 1. The first-order chi connectivity index (χ1) is 8.20. The summed E-state index contributed by atoms with van der Waals surface area (Å²) in [5.41, 5.74) is 5.51. The van der Waals surface area contributed by atoms with Crippen LogP contribution in [0.25, 0.3) is 0 Å². The molecule has 0 amide bonds. The van der Waals surface area contributed by atoms with E-state index in [-0.39, 0.29) is 12.2 Å². The lowest BCUT2D eigenvalue weighted by Gasteiger charge is -2.06. The van der Waals surface area contributed by atoms with Gasteiger partial charge in [-0.1, -0.05) is 5.21 Å². The molecule has 1 rings (SSSR count). The molecule has 2 N–H and O–H groups in total. The maximum absolute atomic E-state index is 12.8. The fraction of sp³-hybridized carbons (Fsp3) is 0.800. The van der Waals surface area contributed by atoms with Crippen LogP contribution in [0.3, 0.4) is 0 Å². The first-order valence-electron chi connectivity index (χ1n) is 5.68. The third kappa shape index (κ3) is 4.01. The lowest BCUT2D eigenvalue weighted by molar-refractivity contribution is 0.127. The highest BCUT2D eigenvalue weighted by Gasteiger charge is 2.20. The predicted molar refractivity (Wildman–Crippen MR) is 58.8 cm³/mol. The van der Waals surface area contributed by atoms with Gasteiger partial charge in [0.2, 0.25) is 0 Å². The van der Waals surface area contributed by atoms with Gasteiger partial charge in [0.1, 0.15) is 5.69 Å². The van der Waals surface area contributed by atoms with Crippen LogP contribution in [0.2, 0.25) is 0 Å². The summed E-state index contributed by atoms with van der Waals surface area (Å²) in [5.74, 6) is 0. The van der Waals surface area contributed by atoms with Crippen LogP contribution in [-0.4, -0.2) is 34.8 Å². The Labute approximate surface area is 98.9 Å². The molecule has 5 nitrogen and oxygen atoms in total. The lowest BCUT2D eigenvalue weighted by Crippen LogP contribution is -2.10. The molecule has 0 bridgehead atoms. The summed E-state index contributed by atoms with van der Waals surface area (Å²) in [6.07, 6.45) is -1.61. The van der Waals surface area contributed by atoms with Crippen LogP contribution in [0.5, 0.6) is 0 Å². The molecular weight excluding hydrogens is 230 g/mol. The van der Waals surface area contributed by atoms with Crippen LogP contribution >= 0.6 is 0 Å². The number of hydrogen-bond donors (Lipinski definition) is 1. The number of nitrogens with zero attached hydrogens (tertiary/aromatic N) is 3. The molecule has 0 aliphatic carbocycles. The molecule has 0 saturated heterocycles. The number of aromatic nitrogens is 3. The van der Waals surface area contributed by atoms with Gasteiger partial charge in [-0.25, -0.2) is 13.5 Å². The van der Waals surface area contributed by atoms with Gasteiger partial charge in [0.15, 0.2) is 0 Å². The largest absolute Gasteiger partial charge is 0.382 e. The second-order valence-corrected chi connectivity index (χ2v) is 3.53. The molecular formula is C10H18F2N4O. The van der Waals surface area contributed by atoms with Crippen molar-refractivity contribution in [1.82, 2.24) is 15.0 Å². The minimum absolute atomic E-state index is 0.119. The Bertz CT molecular complexity index is 330. The summed E-state index contributed by atoms with van der Waals surface area (Å²) < 4.78 is 32.1. The summed E-state index contributed by atoms with van der Waals surface area (Å²) in [7, 11) is 0. The van der Waals surface area contributed by atoms with E-state index in [4.69, 9.17) is 10.5 Å². The minimum atomic E-state index is -2.57. The molecule has 1 heterocycles. The molecule has 0 aliphatic heterocycles. The van der Waals surface area contributed by atoms with E-state index in [0.29, 0.717) is 38.3 Å². The number of halogens is 2. The maximum Gasteiger partial charge on any atom is 0.281 e. The zero-order chi connectivity index (χ0) is 12.7. The molecule has 1 aromatic rings. The molecule has 0 aromatic carbocycles. The van der Waals surface area contributed by atoms with Gasteiger partial charge in [-0.2, -0.15) is 0 Å². The van der Waals surface area contributed by atoms with E-state index in [1.807, 2.05) is 6.92 Å². The van der Waals surface area contributed by atoms with E-state index in [1.54, 1.807) is 0 Å². The van der Waals surface area contributed by atoms with Crippen molar-refractivity contribution in [2.75, 3.05) is 19.8 Å². The monoisotopic (exact) mass is 248 g/mol. The van der Waals surface area contributed by atoms with E-state index in [9.17, 15) is 8.78 Å². The van der Waals surface area contributed by atoms with E-state index in [0.717, 1.165) is 0 Å². The Hall–Kier alpha value is -1.08. The number of nitrogens with two attached hydrogens (primary N) is 1. The summed E-state index contributed by atoms with van der Waals surface area (Å²) in [6.45, 7) is 3.72. The molecule has 0 saturated carbocycles. The standard InChI is InChI=1S/C10H18F2N4O/c1-2-17-7-3-6-16-9(10(11)12)8(4-5-13)14-15-16/h10H,2-7,13H2,1H3. The maximum atomic E-state index is 12.8. The van der Waals surface area contributed by atoms with Crippen molar-refractivity contribution >= 4 is 0 Å². The molecule has 98 valence electrons. The first kappa shape index (κ1) is 14.0. The number of aryl methyl sites for hydroxylation is 1. The molecule has 0 unspecified atom stereocenters. The average Bonchev–Trinajstić information content (AvgIpc) is 2.68. The zero-order valence-corrected chi connectivity index (χ0v) is 9.90. The fourth-order valence-electron chi connectivity index (χ4n) is 1.54. The highest BCUT2D eigenvalue weighted by atomic mass is 19.3. The van der Waals surface area contributed by atoms with Gasteiger partial charge >= 0.3 is 0 Å². The van der Waals surface area contributed by atoms with Crippen molar-refractivity contribution in [2.45, 2.75) is 32.7 Å². The summed E-state index contributed by atoms with van der Waals surface area (Å²) in [4.78, 5) is 0. The Kier molecular flexibility index (Phi) is 5.99. The van der Waals surface area contributed by atoms with Crippen LogP contribution in [0.4, 0.5) is 8.78 Å². The van der Waals surface area contributed by atoms with Crippen LogP contribution in [0, 0.1) is 0 Å². The second kappa shape index (κ2) is 7.29. The summed E-state index contributed by atoms with van der Waals surface area (Å²) in [6, 6.07) is 0. The molecule has 1 aromatic heterocycles. The molecule has 0 spiro atoms. The average molecular weight is 248 g/mol. The topological polar surface area (TPSA) is 66.0 Å². The van der Waals surface area contributed by atoms with Gasteiger partial charge in [-0.15, -0.1) is 5.10 Å². The number of alkyl halides is 2.